The second kappa shape index (κ2) is 5.73. The van der Waals surface area contributed by atoms with Crippen LogP contribution in [0.4, 0.5) is 11.5 Å². The third kappa shape index (κ3) is 2.92. The van der Waals surface area contributed by atoms with Crippen LogP contribution in [-0.4, -0.2) is 11.6 Å². The number of nitrogens with one attached hydrogen (secondary N) is 1. The van der Waals surface area contributed by atoms with Gasteiger partial charge < -0.3 is 15.8 Å². The van der Waals surface area contributed by atoms with Crippen molar-refractivity contribution in [2.45, 2.75) is 19.9 Å². The summed E-state index contributed by atoms with van der Waals surface area (Å²) in [4.78, 5) is 5.63. The van der Waals surface area contributed by atoms with Gasteiger partial charge in [0.1, 0.15) is 5.82 Å². The van der Waals surface area contributed by atoms with Crippen LogP contribution in [0.2, 0.25) is 0 Å². The molecular weight excluding hydrogens is 246 g/mol. The lowest BCUT2D eigenvalue weighted by Gasteiger charge is -2.14. The fourth-order valence-electron chi connectivity index (χ4n) is 1.61. The molecule has 0 aliphatic rings. The van der Waals surface area contributed by atoms with E-state index in [-0.39, 0.29) is 6.04 Å². The van der Waals surface area contributed by atoms with Gasteiger partial charge in [-0.1, -0.05) is 6.07 Å². The SMILES string of the molecule is CCOc1nc(NC(C)c2cccs2)ccc1N. The van der Waals surface area contributed by atoms with Crippen molar-refractivity contribution in [1.82, 2.24) is 4.98 Å². The predicted octanol–water partition coefficient (Wildman–Crippen LogP) is 3.30. The maximum absolute atomic E-state index is 5.79. The molecule has 0 aromatic carbocycles. The maximum Gasteiger partial charge on any atom is 0.239 e. The Morgan fingerprint density at radius 1 is 1.44 bits per heavy atom. The number of ether oxygens (including phenoxy) is 1. The molecule has 1 atom stereocenters. The zero-order valence-electron chi connectivity index (χ0n) is 10.5. The van der Waals surface area contributed by atoms with Crippen molar-refractivity contribution >= 4 is 22.8 Å². The fraction of sp³-hybridized carbons (Fsp3) is 0.308. The standard InChI is InChI=1S/C13H17N3OS/c1-3-17-13-10(14)6-7-12(16-13)15-9(2)11-5-4-8-18-11/h4-9H,3,14H2,1-2H3,(H,15,16). The van der Waals surface area contributed by atoms with Gasteiger partial charge in [-0.3, -0.25) is 0 Å². The first-order valence-corrected chi connectivity index (χ1v) is 6.78. The van der Waals surface area contributed by atoms with Gasteiger partial charge >= 0.3 is 0 Å². The van der Waals surface area contributed by atoms with Gasteiger partial charge in [0.2, 0.25) is 5.88 Å². The lowest BCUT2D eigenvalue weighted by atomic mass is 10.2. The molecule has 0 saturated carbocycles. The van der Waals surface area contributed by atoms with E-state index in [0.29, 0.717) is 18.2 Å². The van der Waals surface area contributed by atoms with Crippen LogP contribution in [0.3, 0.4) is 0 Å². The Kier molecular flexibility index (Phi) is 4.04. The zero-order valence-corrected chi connectivity index (χ0v) is 11.3. The summed E-state index contributed by atoms with van der Waals surface area (Å²) in [5.41, 5.74) is 6.35. The lowest BCUT2D eigenvalue weighted by Crippen LogP contribution is -2.08. The molecule has 0 amide bonds. The van der Waals surface area contributed by atoms with Gasteiger partial charge in [-0.25, -0.2) is 0 Å². The van der Waals surface area contributed by atoms with Crippen molar-refractivity contribution in [2.75, 3.05) is 17.7 Å². The summed E-state index contributed by atoms with van der Waals surface area (Å²) in [6.45, 7) is 4.57. The molecule has 2 aromatic rings. The van der Waals surface area contributed by atoms with E-state index in [9.17, 15) is 0 Å². The Balaban J connectivity index is 2.12. The van der Waals surface area contributed by atoms with Crippen molar-refractivity contribution in [3.05, 3.63) is 34.5 Å². The molecular formula is C13H17N3OS. The Hall–Kier alpha value is -1.75. The number of pyridine rings is 1. The van der Waals surface area contributed by atoms with Crippen LogP contribution in [0.5, 0.6) is 5.88 Å². The third-order valence-corrected chi connectivity index (χ3v) is 3.56. The molecule has 18 heavy (non-hydrogen) atoms. The van der Waals surface area contributed by atoms with Gasteiger partial charge in [-0.15, -0.1) is 11.3 Å². The number of anilines is 2. The summed E-state index contributed by atoms with van der Waals surface area (Å²) >= 11 is 1.72. The highest BCUT2D eigenvalue weighted by molar-refractivity contribution is 7.10. The molecule has 0 bridgehead atoms. The van der Waals surface area contributed by atoms with Crippen LogP contribution >= 0.6 is 11.3 Å². The number of nitrogen functional groups attached to an aromatic ring is 1. The number of hydrogen-bond acceptors (Lipinski definition) is 5. The van der Waals surface area contributed by atoms with E-state index in [4.69, 9.17) is 10.5 Å². The molecule has 0 spiro atoms. The molecule has 5 heteroatoms. The number of hydrogen-bond donors (Lipinski definition) is 2. The molecule has 2 rings (SSSR count). The summed E-state index contributed by atoms with van der Waals surface area (Å²) in [5, 5.41) is 5.40. The van der Waals surface area contributed by atoms with E-state index in [1.54, 1.807) is 11.3 Å². The Labute approximate surface area is 111 Å². The molecule has 2 heterocycles. The van der Waals surface area contributed by atoms with Gasteiger partial charge in [0.15, 0.2) is 0 Å². The molecule has 0 fully saturated rings. The number of aromatic nitrogens is 1. The van der Waals surface area contributed by atoms with Crippen LogP contribution in [0.1, 0.15) is 24.8 Å². The van der Waals surface area contributed by atoms with Gasteiger partial charge in [-0.2, -0.15) is 4.98 Å². The highest BCUT2D eigenvalue weighted by Crippen LogP contribution is 2.25. The minimum Gasteiger partial charge on any atom is -0.476 e. The van der Waals surface area contributed by atoms with Gasteiger partial charge in [0.25, 0.3) is 0 Å². The summed E-state index contributed by atoms with van der Waals surface area (Å²) in [6.07, 6.45) is 0. The molecule has 0 saturated heterocycles. The smallest absolute Gasteiger partial charge is 0.239 e. The van der Waals surface area contributed by atoms with E-state index in [2.05, 4.69) is 28.7 Å². The molecule has 1 unspecified atom stereocenters. The number of nitrogens with zero attached hydrogens (tertiary/aromatic N) is 1. The van der Waals surface area contributed by atoms with E-state index in [0.717, 1.165) is 5.82 Å². The minimum atomic E-state index is 0.218. The second-order valence-electron chi connectivity index (χ2n) is 3.91. The molecule has 96 valence electrons. The average Bonchev–Trinajstić information content (AvgIpc) is 2.87. The highest BCUT2D eigenvalue weighted by atomic mass is 32.1. The fourth-order valence-corrected chi connectivity index (χ4v) is 2.35. The van der Waals surface area contributed by atoms with Crippen LogP contribution < -0.4 is 15.8 Å². The summed E-state index contributed by atoms with van der Waals surface area (Å²) in [7, 11) is 0. The topological polar surface area (TPSA) is 60.2 Å². The normalized spacial score (nSPS) is 12.1. The highest BCUT2D eigenvalue weighted by Gasteiger charge is 2.09. The quantitative estimate of drug-likeness (QED) is 0.869. The Bertz CT molecular complexity index is 499. The summed E-state index contributed by atoms with van der Waals surface area (Å²) < 4.78 is 5.38. The van der Waals surface area contributed by atoms with Crippen LogP contribution in [-0.2, 0) is 0 Å². The summed E-state index contributed by atoms with van der Waals surface area (Å²) in [5.74, 6) is 1.26. The first-order chi connectivity index (χ1) is 8.70. The molecule has 0 aliphatic carbocycles. The number of nitrogens with two attached hydrogens (primary N) is 1. The Morgan fingerprint density at radius 3 is 2.94 bits per heavy atom. The van der Waals surface area contributed by atoms with E-state index in [1.807, 2.05) is 25.1 Å². The van der Waals surface area contributed by atoms with E-state index < -0.39 is 0 Å². The largest absolute Gasteiger partial charge is 0.476 e. The minimum absolute atomic E-state index is 0.218. The number of thiophene rings is 1. The van der Waals surface area contributed by atoms with E-state index >= 15 is 0 Å². The van der Waals surface area contributed by atoms with Gasteiger partial charge in [0, 0.05) is 4.88 Å². The maximum atomic E-state index is 5.79. The molecule has 0 aliphatic heterocycles. The van der Waals surface area contributed by atoms with Crippen molar-refractivity contribution in [1.29, 1.82) is 0 Å². The molecule has 2 aromatic heterocycles. The van der Waals surface area contributed by atoms with Crippen LogP contribution in [0.25, 0.3) is 0 Å². The average molecular weight is 263 g/mol. The van der Waals surface area contributed by atoms with Gasteiger partial charge in [0.05, 0.1) is 18.3 Å². The van der Waals surface area contributed by atoms with Crippen molar-refractivity contribution < 1.29 is 4.74 Å². The number of rotatable bonds is 5. The van der Waals surface area contributed by atoms with E-state index in [1.165, 1.54) is 4.88 Å². The monoisotopic (exact) mass is 263 g/mol. The molecule has 0 radical (unpaired) electrons. The lowest BCUT2D eigenvalue weighted by molar-refractivity contribution is 0.329. The Morgan fingerprint density at radius 2 is 2.28 bits per heavy atom. The van der Waals surface area contributed by atoms with Crippen LogP contribution in [0, 0.1) is 0 Å². The van der Waals surface area contributed by atoms with Crippen molar-refractivity contribution in [3.63, 3.8) is 0 Å². The van der Waals surface area contributed by atoms with Crippen molar-refractivity contribution in [2.24, 2.45) is 0 Å². The zero-order chi connectivity index (χ0) is 13.0. The predicted molar refractivity (Wildman–Crippen MR) is 76.2 cm³/mol. The third-order valence-electron chi connectivity index (χ3n) is 2.51. The summed E-state index contributed by atoms with van der Waals surface area (Å²) in [6, 6.07) is 8.03. The van der Waals surface area contributed by atoms with Crippen molar-refractivity contribution in [3.8, 4) is 5.88 Å². The second-order valence-corrected chi connectivity index (χ2v) is 4.88. The molecule has 3 N–H and O–H groups in total. The first kappa shape index (κ1) is 12.7. The van der Waals surface area contributed by atoms with Crippen LogP contribution in [0.15, 0.2) is 29.6 Å². The molecule has 4 nitrogen and oxygen atoms in total. The first-order valence-electron chi connectivity index (χ1n) is 5.90. The van der Waals surface area contributed by atoms with Gasteiger partial charge in [-0.05, 0) is 37.4 Å².